The number of hydrogen-bond donors (Lipinski definition) is 1. The summed E-state index contributed by atoms with van der Waals surface area (Å²) in [4.78, 5) is 33.3. The van der Waals surface area contributed by atoms with E-state index in [4.69, 9.17) is 0 Å². The fraction of sp³-hybridized carbons (Fsp3) is 0.190. The fourth-order valence-corrected chi connectivity index (χ4v) is 3.62. The van der Waals surface area contributed by atoms with Crippen molar-refractivity contribution in [3.63, 3.8) is 0 Å². The van der Waals surface area contributed by atoms with Gasteiger partial charge >= 0.3 is 6.03 Å². The summed E-state index contributed by atoms with van der Waals surface area (Å²) in [7, 11) is 0. The molecular weight excluding hydrogens is 359 g/mol. The number of rotatable bonds is 5. The zero-order valence-electron chi connectivity index (χ0n) is 15.1. The first-order valence-corrected chi connectivity index (χ1v) is 8.95. The molecule has 1 atom stereocenters. The van der Waals surface area contributed by atoms with Gasteiger partial charge in [-0.25, -0.2) is 9.18 Å². The smallest absolute Gasteiger partial charge is 0.322 e. The van der Waals surface area contributed by atoms with Crippen LogP contribution in [0.5, 0.6) is 0 Å². The molecule has 1 unspecified atom stereocenters. The number of aromatic nitrogens is 1. The maximum absolute atomic E-state index is 13.8. The predicted octanol–water partition coefficient (Wildman–Crippen LogP) is 2.77. The molecule has 1 aromatic carbocycles. The van der Waals surface area contributed by atoms with Crippen molar-refractivity contribution in [2.75, 3.05) is 13.1 Å². The molecule has 1 aromatic heterocycles. The standard InChI is InChI=1S/C21H19FN4O2/c1-2-10-26-17-13-25(12-16-8-3-4-9-23-16)20(27)18(17)19(24-21(26)28)14-6-5-7-15(22)11-14/h2-9,11,19H,1,10,12-13H2,(H,24,28). The first kappa shape index (κ1) is 17.9. The van der Waals surface area contributed by atoms with E-state index >= 15 is 0 Å². The Bertz CT molecular complexity index is 973. The highest BCUT2D eigenvalue weighted by atomic mass is 19.1. The van der Waals surface area contributed by atoms with Gasteiger partial charge in [0, 0.05) is 12.7 Å². The van der Waals surface area contributed by atoms with Crippen LogP contribution in [0.1, 0.15) is 17.3 Å². The summed E-state index contributed by atoms with van der Waals surface area (Å²) in [6, 6.07) is 10.4. The van der Waals surface area contributed by atoms with Crippen molar-refractivity contribution in [2.24, 2.45) is 0 Å². The molecule has 0 bridgehead atoms. The molecule has 4 rings (SSSR count). The number of carbonyl (C=O) groups excluding carboxylic acids is 2. The van der Waals surface area contributed by atoms with Crippen LogP contribution in [0.3, 0.4) is 0 Å². The Morgan fingerprint density at radius 3 is 2.82 bits per heavy atom. The quantitative estimate of drug-likeness (QED) is 0.814. The van der Waals surface area contributed by atoms with Gasteiger partial charge in [0.1, 0.15) is 5.82 Å². The van der Waals surface area contributed by atoms with E-state index in [1.54, 1.807) is 29.3 Å². The van der Waals surface area contributed by atoms with Crippen molar-refractivity contribution in [3.05, 3.63) is 89.7 Å². The third-order valence-corrected chi connectivity index (χ3v) is 4.87. The van der Waals surface area contributed by atoms with Crippen LogP contribution in [0.25, 0.3) is 0 Å². The molecule has 0 spiro atoms. The van der Waals surface area contributed by atoms with Gasteiger partial charge in [-0.1, -0.05) is 24.3 Å². The molecule has 2 aliphatic heterocycles. The lowest BCUT2D eigenvalue weighted by Gasteiger charge is -2.33. The highest BCUT2D eigenvalue weighted by Gasteiger charge is 2.43. The number of urea groups is 1. The lowest BCUT2D eigenvalue weighted by atomic mass is 9.95. The second-order valence-corrected chi connectivity index (χ2v) is 6.68. The average molecular weight is 378 g/mol. The van der Waals surface area contributed by atoms with Gasteiger partial charge in [-0.3, -0.25) is 14.7 Å². The van der Waals surface area contributed by atoms with Gasteiger partial charge in [-0.15, -0.1) is 6.58 Å². The van der Waals surface area contributed by atoms with E-state index < -0.39 is 11.9 Å². The number of nitrogens with zero attached hydrogens (tertiary/aromatic N) is 3. The van der Waals surface area contributed by atoms with Crippen LogP contribution < -0.4 is 5.32 Å². The number of hydrogen-bond acceptors (Lipinski definition) is 3. The lowest BCUT2D eigenvalue weighted by molar-refractivity contribution is -0.126. The van der Waals surface area contributed by atoms with E-state index in [9.17, 15) is 14.0 Å². The minimum atomic E-state index is -0.694. The van der Waals surface area contributed by atoms with E-state index in [2.05, 4.69) is 16.9 Å². The average Bonchev–Trinajstić information content (AvgIpc) is 3.01. The Hall–Kier alpha value is -3.48. The highest BCUT2D eigenvalue weighted by Crippen LogP contribution is 2.36. The van der Waals surface area contributed by atoms with E-state index in [-0.39, 0.29) is 25.0 Å². The number of pyridine rings is 1. The summed E-state index contributed by atoms with van der Waals surface area (Å²) in [5.74, 6) is -0.609. The highest BCUT2D eigenvalue weighted by molar-refractivity contribution is 6.01. The predicted molar refractivity (Wildman–Crippen MR) is 101 cm³/mol. The van der Waals surface area contributed by atoms with Gasteiger partial charge in [-0.05, 0) is 29.8 Å². The molecule has 3 amide bonds. The molecule has 0 radical (unpaired) electrons. The Morgan fingerprint density at radius 2 is 2.11 bits per heavy atom. The van der Waals surface area contributed by atoms with E-state index in [0.717, 1.165) is 5.69 Å². The number of benzene rings is 1. The van der Waals surface area contributed by atoms with Crippen LogP contribution in [-0.4, -0.2) is 39.8 Å². The summed E-state index contributed by atoms with van der Waals surface area (Å²) >= 11 is 0. The van der Waals surface area contributed by atoms with Gasteiger partial charge in [-0.2, -0.15) is 0 Å². The Balaban J connectivity index is 1.72. The SMILES string of the molecule is C=CCN1C(=O)NC(c2cccc(F)c2)C2=C1CN(Cc1ccccn1)C2=O. The molecule has 3 heterocycles. The molecular formula is C21H19FN4O2. The molecule has 1 N–H and O–H groups in total. The Kier molecular flexibility index (Phi) is 4.65. The lowest BCUT2D eigenvalue weighted by Crippen LogP contribution is -2.47. The van der Waals surface area contributed by atoms with Crippen LogP contribution in [-0.2, 0) is 11.3 Å². The maximum atomic E-state index is 13.8. The number of nitrogens with one attached hydrogen (secondary N) is 1. The number of halogens is 1. The largest absolute Gasteiger partial charge is 0.327 e. The minimum absolute atomic E-state index is 0.191. The van der Waals surface area contributed by atoms with Crippen molar-refractivity contribution in [1.82, 2.24) is 20.1 Å². The molecule has 142 valence electrons. The topological polar surface area (TPSA) is 65.5 Å². The van der Waals surface area contributed by atoms with Crippen LogP contribution >= 0.6 is 0 Å². The monoisotopic (exact) mass is 378 g/mol. The first-order chi connectivity index (χ1) is 13.6. The van der Waals surface area contributed by atoms with Crippen molar-refractivity contribution in [2.45, 2.75) is 12.6 Å². The van der Waals surface area contributed by atoms with Crippen LogP contribution in [0.2, 0.25) is 0 Å². The van der Waals surface area contributed by atoms with E-state index in [1.165, 1.54) is 17.0 Å². The normalized spacial score (nSPS) is 19.0. The van der Waals surface area contributed by atoms with Gasteiger partial charge < -0.3 is 10.2 Å². The summed E-state index contributed by atoms with van der Waals surface area (Å²) in [5.41, 5.74) is 2.38. The Morgan fingerprint density at radius 1 is 1.25 bits per heavy atom. The van der Waals surface area contributed by atoms with Crippen molar-refractivity contribution in [1.29, 1.82) is 0 Å². The third-order valence-electron chi connectivity index (χ3n) is 4.87. The third kappa shape index (κ3) is 3.15. The zero-order valence-corrected chi connectivity index (χ0v) is 15.1. The van der Waals surface area contributed by atoms with Gasteiger partial charge in [0.25, 0.3) is 5.91 Å². The van der Waals surface area contributed by atoms with E-state index in [1.807, 2.05) is 18.2 Å². The molecule has 0 saturated carbocycles. The molecule has 0 saturated heterocycles. The number of carbonyl (C=O) groups is 2. The van der Waals surface area contributed by atoms with Crippen LogP contribution in [0, 0.1) is 5.82 Å². The van der Waals surface area contributed by atoms with Crippen molar-refractivity contribution in [3.8, 4) is 0 Å². The number of amides is 3. The first-order valence-electron chi connectivity index (χ1n) is 8.95. The minimum Gasteiger partial charge on any atom is -0.327 e. The molecule has 7 heteroatoms. The molecule has 0 fully saturated rings. The Labute approximate surface area is 162 Å². The molecule has 2 aromatic rings. The van der Waals surface area contributed by atoms with Crippen LogP contribution in [0.4, 0.5) is 9.18 Å². The fourth-order valence-electron chi connectivity index (χ4n) is 3.62. The molecule has 6 nitrogen and oxygen atoms in total. The van der Waals surface area contributed by atoms with Gasteiger partial charge in [0.05, 0.1) is 36.1 Å². The van der Waals surface area contributed by atoms with E-state index in [0.29, 0.717) is 23.4 Å². The summed E-state index contributed by atoms with van der Waals surface area (Å²) < 4.78 is 13.8. The summed E-state index contributed by atoms with van der Waals surface area (Å²) in [5, 5.41) is 2.83. The molecule has 0 aliphatic carbocycles. The second-order valence-electron chi connectivity index (χ2n) is 6.68. The van der Waals surface area contributed by atoms with Gasteiger partial charge in [0.15, 0.2) is 0 Å². The zero-order chi connectivity index (χ0) is 19.7. The molecule has 28 heavy (non-hydrogen) atoms. The van der Waals surface area contributed by atoms with Gasteiger partial charge in [0.2, 0.25) is 0 Å². The maximum Gasteiger partial charge on any atom is 0.322 e. The molecule has 2 aliphatic rings. The summed E-state index contributed by atoms with van der Waals surface area (Å²) in [6.07, 6.45) is 3.28. The summed E-state index contributed by atoms with van der Waals surface area (Å²) in [6.45, 7) is 4.60. The van der Waals surface area contributed by atoms with Crippen molar-refractivity contribution >= 4 is 11.9 Å². The van der Waals surface area contributed by atoms with Crippen LogP contribution in [0.15, 0.2) is 72.6 Å². The second kappa shape index (κ2) is 7.26. The van der Waals surface area contributed by atoms with Crippen molar-refractivity contribution < 1.29 is 14.0 Å².